The van der Waals surface area contributed by atoms with Crippen molar-refractivity contribution in [3.05, 3.63) is 23.3 Å². The molecule has 0 saturated carbocycles. The number of hydrogen-bond donors (Lipinski definition) is 2. The molecule has 0 unspecified atom stereocenters. The Kier molecular flexibility index (Phi) is 4.62. The van der Waals surface area contributed by atoms with Gasteiger partial charge in [-0.3, -0.25) is 0 Å². The molecule has 16 heavy (non-hydrogen) atoms. The first-order valence-corrected chi connectivity index (χ1v) is 5.73. The van der Waals surface area contributed by atoms with Gasteiger partial charge in [-0.05, 0) is 31.0 Å². The molecule has 1 rings (SSSR count). The Morgan fingerprint density at radius 1 is 1.31 bits per heavy atom. The van der Waals surface area contributed by atoms with Crippen LogP contribution in [-0.4, -0.2) is 19.2 Å². The second-order valence-corrected chi connectivity index (χ2v) is 4.46. The van der Waals surface area contributed by atoms with Gasteiger partial charge in [0.15, 0.2) is 0 Å². The summed E-state index contributed by atoms with van der Waals surface area (Å²) in [6.45, 7) is 9.77. The normalized spacial score (nSPS) is 10.8. The van der Waals surface area contributed by atoms with Gasteiger partial charge in [-0.15, -0.1) is 0 Å². The summed E-state index contributed by atoms with van der Waals surface area (Å²) in [5.74, 6) is 0.816. The summed E-state index contributed by atoms with van der Waals surface area (Å²) < 4.78 is 5.69. The smallest absolute Gasteiger partial charge is 0.145 e. The van der Waals surface area contributed by atoms with E-state index in [2.05, 4.69) is 25.2 Å². The largest absolute Gasteiger partial charge is 0.490 e. The summed E-state index contributed by atoms with van der Waals surface area (Å²) in [5, 5.41) is 3.30. The number of nitrogens with two attached hydrogens (primary N) is 1. The summed E-state index contributed by atoms with van der Waals surface area (Å²) in [6, 6.07) is 4.51. The molecule has 0 radical (unpaired) electrons. The zero-order valence-corrected chi connectivity index (χ0v) is 10.6. The predicted molar refractivity (Wildman–Crippen MR) is 69.0 cm³/mol. The molecule has 0 fully saturated rings. The van der Waals surface area contributed by atoms with E-state index in [9.17, 15) is 0 Å². The van der Waals surface area contributed by atoms with Gasteiger partial charge in [-0.1, -0.05) is 19.9 Å². The molecule has 0 amide bonds. The van der Waals surface area contributed by atoms with E-state index in [1.807, 2.05) is 19.9 Å². The van der Waals surface area contributed by atoms with E-state index in [4.69, 9.17) is 10.5 Å². The lowest BCUT2D eigenvalue weighted by Gasteiger charge is -2.14. The van der Waals surface area contributed by atoms with E-state index >= 15 is 0 Å². The van der Waals surface area contributed by atoms with Crippen LogP contribution in [-0.2, 0) is 0 Å². The van der Waals surface area contributed by atoms with Crippen molar-refractivity contribution in [2.45, 2.75) is 33.7 Å². The molecule has 0 aliphatic rings. The fourth-order valence-corrected chi connectivity index (χ4v) is 1.69. The minimum atomic E-state index is 0.486. The number of benzene rings is 1. The average molecular weight is 222 g/mol. The second kappa shape index (κ2) is 5.75. The van der Waals surface area contributed by atoms with E-state index in [-0.39, 0.29) is 0 Å². The maximum absolute atomic E-state index is 5.92. The lowest BCUT2D eigenvalue weighted by molar-refractivity contribution is 0.308. The minimum Gasteiger partial charge on any atom is -0.490 e. The highest BCUT2D eigenvalue weighted by molar-refractivity contribution is 5.58. The Bertz CT molecular complexity index is 325. The minimum absolute atomic E-state index is 0.486. The molecule has 1 aromatic carbocycles. The van der Waals surface area contributed by atoms with Gasteiger partial charge >= 0.3 is 0 Å². The summed E-state index contributed by atoms with van der Waals surface area (Å²) in [6.07, 6.45) is 0. The van der Waals surface area contributed by atoms with Crippen molar-refractivity contribution in [3.63, 3.8) is 0 Å². The maximum Gasteiger partial charge on any atom is 0.145 e. The van der Waals surface area contributed by atoms with Gasteiger partial charge in [0.25, 0.3) is 0 Å². The number of aryl methyl sites for hydroxylation is 2. The molecule has 0 aliphatic heterocycles. The van der Waals surface area contributed by atoms with Crippen molar-refractivity contribution in [1.29, 1.82) is 0 Å². The van der Waals surface area contributed by atoms with Crippen molar-refractivity contribution in [3.8, 4) is 5.75 Å². The molecule has 90 valence electrons. The molecule has 3 nitrogen and oxygen atoms in total. The highest BCUT2D eigenvalue weighted by Crippen LogP contribution is 2.27. The molecule has 0 heterocycles. The fraction of sp³-hybridized carbons (Fsp3) is 0.538. The average Bonchev–Trinajstić information content (AvgIpc) is 2.14. The summed E-state index contributed by atoms with van der Waals surface area (Å²) in [5.41, 5.74) is 8.91. The monoisotopic (exact) mass is 222 g/mol. The Balaban J connectivity index is 2.54. The van der Waals surface area contributed by atoms with Crippen molar-refractivity contribution in [2.75, 3.05) is 18.9 Å². The van der Waals surface area contributed by atoms with Crippen LogP contribution in [0.15, 0.2) is 12.1 Å². The van der Waals surface area contributed by atoms with Gasteiger partial charge in [0, 0.05) is 12.6 Å². The third-order valence-electron chi connectivity index (χ3n) is 2.35. The second-order valence-electron chi connectivity index (χ2n) is 4.46. The lowest BCUT2D eigenvalue weighted by Crippen LogP contribution is -2.27. The number of nitrogen functional groups attached to an aromatic ring is 1. The van der Waals surface area contributed by atoms with Crippen molar-refractivity contribution >= 4 is 5.69 Å². The van der Waals surface area contributed by atoms with Crippen LogP contribution in [0, 0.1) is 13.8 Å². The molecule has 0 saturated heterocycles. The van der Waals surface area contributed by atoms with Crippen LogP contribution in [0.25, 0.3) is 0 Å². The van der Waals surface area contributed by atoms with Crippen LogP contribution in [0.3, 0.4) is 0 Å². The number of rotatable bonds is 5. The van der Waals surface area contributed by atoms with Crippen LogP contribution < -0.4 is 15.8 Å². The zero-order valence-electron chi connectivity index (χ0n) is 10.6. The van der Waals surface area contributed by atoms with Crippen LogP contribution in [0.1, 0.15) is 25.0 Å². The summed E-state index contributed by atoms with van der Waals surface area (Å²) >= 11 is 0. The highest BCUT2D eigenvalue weighted by atomic mass is 16.5. The van der Waals surface area contributed by atoms with Gasteiger partial charge in [-0.25, -0.2) is 0 Å². The Morgan fingerprint density at radius 3 is 2.56 bits per heavy atom. The van der Waals surface area contributed by atoms with Crippen LogP contribution in [0.5, 0.6) is 5.75 Å². The zero-order chi connectivity index (χ0) is 12.1. The van der Waals surface area contributed by atoms with Crippen LogP contribution >= 0.6 is 0 Å². The SMILES string of the molecule is Cc1cc(C)c(OCCNC(C)C)c(N)c1. The van der Waals surface area contributed by atoms with E-state index in [0.717, 1.165) is 23.5 Å². The molecular formula is C13H22N2O. The standard InChI is InChI=1S/C13H22N2O/c1-9(2)15-5-6-16-13-11(4)7-10(3)8-12(13)14/h7-9,15H,5-6,14H2,1-4H3. The molecule has 3 heteroatoms. The van der Waals surface area contributed by atoms with E-state index < -0.39 is 0 Å². The van der Waals surface area contributed by atoms with Gasteiger partial charge in [0.2, 0.25) is 0 Å². The number of hydrogen-bond acceptors (Lipinski definition) is 3. The maximum atomic E-state index is 5.92. The number of nitrogens with one attached hydrogen (secondary N) is 1. The number of ether oxygens (including phenoxy) is 1. The molecule has 0 atom stereocenters. The van der Waals surface area contributed by atoms with Gasteiger partial charge in [0.05, 0.1) is 5.69 Å². The van der Waals surface area contributed by atoms with E-state index in [1.165, 1.54) is 5.56 Å². The molecule has 3 N–H and O–H groups in total. The summed E-state index contributed by atoms with van der Waals surface area (Å²) in [4.78, 5) is 0. The van der Waals surface area contributed by atoms with E-state index in [1.54, 1.807) is 0 Å². The summed E-state index contributed by atoms with van der Waals surface area (Å²) in [7, 11) is 0. The first-order chi connectivity index (χ1) is 7.50. The molecule has 0 aliphatic carbocycles. The molecule has 0 bridgehead atoms. The van der Waals surface area contributed by atoms with Crippen LogP contribution in [0.4, 0.5) is 5.69 Å². The lowest BCUT2D eigenvalue weighted by atomic mass is 10.1. The first-order valence-electron chi connectivity index (χ1n) is 5.73. The Labute approximate surface area is 98.0 Å². The topological polar surface area (TPSA) is 47.3 Å². The number of anilines is 1. The predicted octanol–water partition coefficient (Wildman–Crippen LogP) is 2.26. The molecule has 0 aromatic heterocycles. The van der Waals surface area contributed by atoms with Crippen molar-refractivity contribution in [2.24, 2.45) is 0 Å². The molecular weight excluding hydrogens is 200 g/mol. The van der Waals surface area contributed by atoms with Gasteiger partial charge in [-0.2, -0.15) is 0 Å². The quantitative estimate of drug-likeness (QED) is 0.593. The van der Waals surface area contributed by atoms with Crippen molar-refractivity contribution in [1.82, 2.24) is 5.32 Å². The first kappa shape index (κ1) is 12.8. The Hall–Kier alpha value is -1.22. The van der Waals surface area contributed by atoms with E-state index in [0.29, 0.717) is 12.6 Å². The third kappa shape index (κ3) is 3.74. The highest BCUT2D eigenvalue weighted by Gasteiger charge is 2.05. The van der Waals surface area contributed by atoms with Gasteiger partial charge in [0.1, 0.15) is 12.4 Å². The Morgan fingerprint density at radius 2 is 2.00 bits per heavy atom. The molecule has 0 spiro atoms. The fourth-order valence-electron chi connectivity index (χ4n) is 1.69. The van der Waals surface area contributed by atoms with Crippen molar-refractivity contribution < 1.29 is 4.74 Å². The van der Waals surface area contributed by atoms with Crippen LogP contribution in [0.2, 0.25) is 0 Å². The third-order valence-corrected chi connectivity index (χ3v) is 2.35. The van der Waals surface area contributed by atoms with Gasteiger partial charge < -0.3 is 15.8 Å². The molecule has 1 aromatic rings.